The summed E-state index contributed by atoms with van der Waals surface area (Å²) in [4.78, 5) is 24.9. The Morgan fingerprint density at radius 2 is 1.71 bits per heavy atom. The van der Waals surface area contributed by atoms with Crippen molar-refractivity contribution in [2.75, 3.05) is 25.5 Å². The fourth-order valence-electron chi connectivity index (χ4n) is 2.77. The Morgan fingerprint density at radius 1 is 1.10 bits per heavy atom. The van der Waals surface area contributed by atoms with Crippen molar-refractivity contribution < 1.29 is 27.5 Å². The van der Waals surface area contributed by atoms with Crippen LogP contribution in [0.5, 0.6) is 5.75 Å². The lowest BCUT2D eigenvalue weighted by molar-refractivity contribution is -0.123. The molecule has 2 rings (SSSR count). The molecule has 0 saturated heterocycles. The summed E-state index contributed by atoms with van der Waals surface area (Å²) < 4.78 is 36.7. The molecule has 1 amide bonds. The Balaban J connectivity index is 2.08. The molecule has 31 heavy (non-hydrogen) atoms. The van der Waals surface area contributed by atoms with Gasteiger partial charge in [-0.25, -0.2) is 13.2 Å². The van der Waals surface area contributed by atoms with Gasteiger partial charge in [0.25, 0.3) is 5.91 Å². The lowest BCUT2D eigenvalue weighted by Gasteiger charge is -2.18. The number of halogens is 1. The van der Waals surface area contributed by atoms with Crippen molar-refractivity contribution >= 4 is 39.2 Å². The number of hydrogen-bond acceptors (Lipinski definition) is 6. The maximum absolute atomic E-state index is 12.5. The Bertz CT molecular complexity index is 1040. The number of amides is 1. The molecule has 0 aromatic heterocycles. The summed E-state index contributed by atoms with van der Waals surface area (Å²) in [7, 11) is -2.18. The number of carbonyl (C=O) groups excluding carboxylic acids is 2. The van der Waals surface area contributed by atoms with Crippen LogP contribution in [0.15, 0.2) is 47.4 Å². The molecule has 2 aromatic rings. The number of sulfonamides is 1. The van der Waals surface area contributed by atoms with Crippen molar-refractivity contribution in [1.29, 1.82) is 0 Å². The van der Waals surface area contributed by atoms with Gasteiger partial charge in [-0.1, -0.05) is 25.4 Å². The van der Waals surface area contributed by atoms with Gasteiger partial charge >= 0.3 is 5.97 Å². The molecule has 168 valence electrons. The molecule has 0 aliphatic carbocycles. The minimum absolute atomic E-state index is 0.0755. The van der Waals surface area contributed by atoms with Gasteiger partial charge < -0.3 is 14.8 Å². The molecule has 10 heteroatoms. The van der Waals surface area contributed by atoms with Crippen LogP contribution >= 0.6 is 11.6 Å². The molecule has 1 N–H and O–H groups in total. The van der Waals surface area contributed by atoms with E-state index >= 15 is 0 Å². The third-order valence-electron chi connectivity index (χ3n) is 4.51. The number of methoxy groups -OCH3 is 1. The van der Waals surface area contributed by atoms with Gasteiger partial charge in [-0.2, -0.15) is 4.31 Å². The van der Waals surface area contributed by atoms with Crippen molar-refractivity contribution in [3.63, 3.8) is 0 Å². The van der Waals surface area contributed by atoms with E-state index < -0.39 is 28.0 Å². The second kappa shape index (κ2) is 10.6. The van der Waals surface area contributed by atoms with E-state index in [4.69, 9.17) is 21.1 Å². The number of carbonyl (C=O) groups is 2. The van der Waals surface area contributed by atoms with Crippen LogP contribution in [0, 0.1) is 0 Å². The summed E-state index contributed by atoms with van der Waals surface area (Å²) in [6, 6.07) is 10.1. The first kappa shape index (κ1) is 24.6. The van der Waals surface area contributed by atoms with E-state index in [1.807, 2.05) is 0 Å². The molecule has 0 fully saturated rings. The number of hydrogen-bond donors (Lipinski definition) is 1. The van der Waals surface area contributed by atoms with Gasteiger partial charge in [0.2, 0.25) is 10.0 Å². The van der Waals surface area contributed by atoms with Crippen molar-refractivity contribution in [2.24, 2.45) is 0 Å². The van der Waals surface area contributed by atoms with E-state index in [2.05, 4.69) is 5.32 Å². The van der Waals surface area contributed by atoms with Gasteiger partial charge in [-0.05, 0) is 49.4 Å². The molecule has 2 aromatic carbocycles. The highest BCUT2D eigenvalue weighted by Gasteiger charge is 2.23. The molecule has 0 bridgehead atoms. The van der Waals surface area contributed by atoms with E-state index in [-0.39, 0.29) is 10.5 Å². The summed E-state index contributed by atoms with van der Waals surface area (Å²) in [5, 5.41) is 3.01. The van der Waals surface area contributed by atoms with Gasteiger partial charge in [-0.15, -0.1) is 0 Å². The summed E-state index contributed by atoms with van der Waals surface area (Å²) in [6.07, 6.45) is -1.12. The predicted octanol–water partition coefficient (Wildman–Crippen LogP) is 3.56. The predicted molar refractivity (Wildman–Crippen MR) is 118 cm³/mol. The molecule has 0 saturated carbocycles. The quantitative estimate of drug-likeness (QED) is 0.564. The molecule has 0 aliphatic rings. The largest absolute Gasteiger partial charge is 0.495 e. The maximum atomic E-state index is 12.5. The number of ether oxygens (including phenoxy) is 2. The number of benzene rings is 2. The van der Waals surface area contributed by atoms with Gasteiger partial charge in [0.1, 0.15) is 5.75 Å². The Hall–Kier alpha value is -2.62. The third-order valence-corrected chi connectivity index (χ3v) is 6.80. The zero-order valence-corrected chi connectivity index (χ0v) is 19.3. The summed E-state index contributed by atoms with van der Waals surface area (Å²) >= 11 is 5.95. The first-order valence-electron chi connectivity index (χ1n) is 9.59. The minimum atomic E-state index is -3.63. The highest BCUT2D eigenvalue weighted by atomic mass is 35.5. The molecule has 0 unspecified atom stereocenters. The zero-order chi connectivity index (χ0) is 23.2. The molecular weight excluding hydrogens is 444 g/mol. The second-order valence-corrected chi connectivity index (χ2v) is 8.87. The first-order chi connectivity index (χ1) is 14.6. The summed E-state index contributed by atoms with van der Waals surface area (Å²) in [6.45, 7) is 5.60. The SMILES string of the molecule is CCN(CC)S(=O)(=O)c1ccc(C(=O)O[C@@H](C)C(=O)Nc2cc(Cl)ccc2OC)cc1. The first-order valence-corrected chi connectivity index (χ1v) is 11.4. The van der Waals surface area contributed by atoms with Gasteiger partial charge in [0.15, 0.2) is 6.10 Å². The smallest absolute Gasteiger partial charge is 0.338 e. The fraction of sp³-hybridized carbons (Fsp3) is 0.333. The highest BCUT2D eigenvalue weighted by molar-refractivity contribution is 7.89. The number of rotatable bonds is 9. The van der Waals surface area contributed by atoms with Crippen molar-refractivity contribution in [1.82, 2.24) is 4.31 Å². The van der Waals surface area contributed by atoms with Crippen LogP contribution in [0.4, 0.5) is 5.69 Å². The van der Waals surface area contributed by atoms with Crippen LogP contribution in [-0.4, -0.2) is 50.9 Å². The molecule has 1 atom stereocenters. The van der Waals surface area contributed by atoms with Crippen LogP contribution < -0.4 is 10.1 Å². The topological polar surface area (TPSA) is 102 Å². The van der Waals surface area contributed by atoms with E-state index in [0.717, 1.165) is 0 Å². The van der Waals surface area contributed by atoms with Gasteiger partial charge in [0.05, 0.1) is 23.3 Å². The molecular formula is C21H25ClN2O6S. The number of nitrogens with one attached hydrogen (secondary N) is 1. The van der Waals surface area contributed by atoms with Gasteiger partial charge in [0, 0.05) is 18.1 Å². The monoisotopic (exact) mass is 468 g/mol. The average molecular weight is 469 g/mol. The Labute approximate surface area is 187 Å². The molecule has 0 aliphatic heterocycles. The number of nitrogens with zero attached hydrogens (tertiary/aromatic N) is 1. The highest BCUT2D eigenvalue weighted by Crippen LogP contribution is 2.28. The van der Waals surface area contributed by atoms with Crippen molar-refractivity contribution in [2.45, 2.75) is 31.8 Å². The van der Waals surface area contributed by atoms with Crippen molar-refractivity contribution in [3.05, 3.63) is 53.1 Å². The Kier molecular flexibility index (Phi) is 8.43. The van der Waals surface area contributed by atoms with Crippen LogP contribution in [0.3, 0.4) is 0 Å². The Morgan fingerprint density at radius 3 is 2.26 bits per heavy atom. The van der Waals surface area contributed by atoms with Crippen LogP contribution in [0.25, 0.3) is 0 Å². The third kappa shape index (κ3) is 5.96. The van der Waals surface area contributed by atoms with Crippen LogP contribution in [-0.2, 0) is 19.6 Å². The lowest BCUT2D eigenvalue weighted by Crippen LogP contribution is -2.31. The van der Waals surface area contributed by atoms with Crippen molar-refractivity contribution in [3.8, 4) is 5.75 Å². The molecule has 8 nitrogen and oxygen atoms in total. The second-order valence-electron chi connectivity index (χ2n) is 6.50. The van der Waals surface area contributed by atoms with Crippen LogP contribution in [0.2, 0.25) is 5.02 Å². The summed E-state index contributed by atoms with van der Waals surface area (Å²) in [5.74, 6) is -0.927. The van der Waals surface area contributed by atoms with E-state index in [9.17, 15) is 18.0 Å². The number of esters is 1. The van der Waals surface area contributed by atoms with E-state index in [1.165, 1.54) is 48.7 Å². The van der Waals surface area contributed by atoms with Crippen LogP contribution in [0.1, 0.15) is 31.1 Å². The lowest BCUT2D eigenvalue weighted by atomic mass is 10.2. The summed E-state index contributed by atoms with van der Waals surface area (Å²) in [5.41, 5.74) is 0.465. The van der Waals surface area contributed by atoms with E-state index in [0.29, 0.717) is 29.5 Å². The van der Waals surface area contributed by atoms with Gasteiger partial charge in [-0.3, -0.25) is 4.79 Å². The van der Waals surface area contributed by atoms with E-state index in [1.54, 1.807) is 26.0 Å². The molecule has 0 spiro atoms. The zero-order valence-electron chi connectivity index (χ0n) is 17.7. The maximum Gasteiger partial charge on any atom is 0.338 e. The average Bonchev–Trinajstić information content (AvgIpc) is 2.74. The molecule has 0 radical (unpaired) electrons. The normalized spacial score (nSPS) is 12.3. The fourth-order valence-corrected chi connectivity index (χ4v) is 4.40. The molecule has 0 heterocycles. The standard InChI is InChI=1S/C21H25ClN2O6S/c1-5-24(6-2)31(27,28)17-10-7-15(8-11-17)21(26)30-14(3)20(25)23-18-13-16(22)9-12-19(18)29-4/h7-14H,5-6H2,1-4H3,(H,23,25)/t14-/m0/s1. The number of anilines is 1. The minimum Gasteiger partial charge on any atom is -0.495 e.